The van der Waals surface area contributed by atoms with Crippen LogP contribution in [0.1, 0.15) is 50.2 Å². The molecular weight excluding hydrogens is 342 g/mol. The second-order valence-electron chi connectivity index (χ2n) is 7.48. The van der Waals surface area contributed by atoms with Gasteiger partial charge in [-0.05, 0) is 62.3 Å². The zero-order valence-electron chi connectivity index (χ0n) is 15.4. The molecule has 1 heterocycles. The summed E-state index contributed by atoms with van der Waals surface area (Å²) in [5, 5.41) is 15.5. The molecule has 2 N–H and O–H groups in total. The Morgan fingerprint density at radius 2 is 2.00 bits per heavy atom. The molecule has 6 heteroatoms. The summed E-state index contributed by atoms with van der Waals surface area (Å²) in [7, 11) is 0. The van der Waals surface area contributed by atoms with E-state index >= 15 is 0 Å². The quantitative estimate of drug-likeness (QED) is 0.792. The smallest absolute Gasteiger partial charge is 0.253 e. The number of hydrogen-bond acceptors (Lipinski definition) is 6. The second-order valence-corrected chi connectivity index (χ2v) is 7.48. The van der Waals surface area contributed by atoms with E-state index in [1.54, 1.807) is 18.2 Å². The zero-order chi connectivity index (χ0) is 19.0. The van der Waals surface area contributed by atoms with Gasteiger partial charge in [0.15, 0.2) is 0 Å². The Hall–Kier alpha value is -2.65. The van der Waals surface area contributed by atoms with Crippen molar-refractivity contribution in [2.45, 2.75) is 57.1 Å². The molecule has 1 aliphatic heterocycles. The van der Waals surface area contributed by atoms with E-state index in [-0.39, 0.29) is 11.6 Å². The van der Waals surface area contributed by atoms with Crippen LogP contribution < -0.4 is 21.5 Å². The van der Waals surface area contributed by atoms with Gasteiger partial charge in [0, 0.05) is 12.3 Å². The van der Waals surface area contributed by atoms with Crippen molar-refractivity contribution in [2.24, 2.45) is 0 Å². The van der Waals surface area contributed by atoms with E-state index in [1.807, 2.05) is 6.92 Å². The third-order valence-corrected chi connectivity index (χ3v) is 5.97. The number of anilines is 3. The lowest BCUT2D eigenvalue weighted by Gasteiger charge is -2.32. The van der Waals surface area contributed by atoms with Crippen LogP contribution in [0.25, 0.3) is 0 Å². The number of rotatable bonds is 5. The fraction of sp³-hybridized carbons (Fsp3) is 0.476. The van der Waals surface area contributed by atoms with Gasteiger partial charge in [-0.2, -0.15) is 5.26 Å². The van der Waals surface area contributed by atoms with Crippen molar-refractivity contribution in [3.05, 3.63) is 49.8 Å². The predicted molar refractivity (Wildman–Crippen MR) is 104 cm³/mol. The van der Waals surface area contributed by atoms with Crippen LogP contribution in [0.2, 0.25) is 0 Å². The number of nitrogens with one attached hydrogen (secondary N) is 2. The molecule has 2 fully saturated rings. The highest BCUT2D eigenvalue weighted by Gasteiger charge is 2.47. The van der Waals surface area contributed by atoms with Gasteiger partial charge >= 0.3 is 0 Å². The van der Waals surface area contributed by atoms with Crippen LogP contribution in [-0.4, -0.2) is 18.2 Å². The van der Waals surface area contributed by atoms with Crippen LogP contribution in [0.5, 0.6) is 0 Å². The van der Waals surface area contributed by atoms with Crippen molar-refractivity contribution >= 4 is 17.1 Å². The molecule has 140 valence electrons. The number of aryl methyl sites for hydroxylation is 1. The summed E-state index contributed by atoms with van der Waals surface area (Å²) in [6.07, 6.45) is 5.76. The molecule has 6 nitrogen and oxygen atoms in total. The van der Waals surface area contributed by atoms with E-state index in [4.69, 9.17) is 10.00 Å². The number of benzene rings is 1. The van der Waals surface area contributed by atoms with Gasteiger partial charge in [0.05, 0.1) is 23.3 Å². The summed E-state index contributed by atoms with van der Waals surface area (Å²) in [6.45, 7) is 2.75. The van der Waals surface area contributed by atoms with E-state index in [2.05, 4.69) is 16.7 Å². The van der Waals surface area contributed by atoms with Crippen molar-refractivity contribution in [3.8, 4) is 6.07 Å². The number of ether oxygens (including phenoxy) is 1. The minimum absolute atomic E-state index is 0.0652. The van der Waals surface area contributed by atoms with Gasteiger partial charge < -0.3 is 15.4 Å². The van der Waals surface area contributed by atoms with Crippen LogP contribution in [0, 0.1) is 11.3 Å². The Morgan fingerprint density at radius 1 is 1.22 bits per heavy atom. The first-order chi connectivity index (χ1) is 13.1. The highest BCUT2D eigenvalue weighted by atomic mass is 16.5. The number of nitrogens with zero attached hydrogens (tertiary/aromatic N) is 1. The average molecular weight is 365 g/mol. The van der Waals surface area contributed by atoms with Gasteiger partial charge in [0.2, 0.25) is 0 Å². The first-order valence-corrected chi connectivity index (χ1v) is 9.62. The van der Waals surface area contributed by atoms with Crippen molar-refractivity contribution in [1.82, 2.24) is 0 Å². The van der Waals surface area contributed by atoms with Gasteiger partial charge in [-0.25, -0.2) is 0 Å². The summed E-state index contributed by atoms with van der Waals surface area (Å²) in [5.74, 6) is 0. The molecule has 0 radical (unpaired) electrons. The molecule has 2 aromatic carbocycles. The van der Waals surface area contributed by atoms with Crippen molar-refractivity contribution in [3.63, 3.8) is 0 Å². The molecule has 1 spiro atoms. The highest BCUT2D eigenvalue weighted by Crippen LogP contribution is 2.42. The van der Waals surface area contributed by atoms with Gasteiger partial charge in [-0.1, -0.05) is 6.92 Å². The fourth-order valence-electron chi connectivity index (χ4n) is 4.47. The first kappa shape index (κ1) is 17.7. The van der Waals surface area contributed by atoms with Crippen molar-refractivity contribution in [2.75, 3.05) is 17.2 Å². The molecule has 4 rings (SSSR count). The summed E-state index contributed by atoms with van der Waals surface area (Å²) in [4.78, 5) is 24.4. The standard InChI is InChI=1S/C21H23N3O3/c1-2-14-11-13(12-22)6-7-15(14)23-17-18(20(26)19(17)25)24-16-5-3-8-21(16)9-4-10-27-21/h6-7,11,16,23-24H,2-5,8-10H2,1H3/t16-,21+/m0/s1. The molecule has 0 bridgehead atoms. The Bertz CT molecular complexity index is 970. The minimum atomic E-state index is -0.497. The molecular formula is C21H23N3O3. The summed E-state index contributed by atoms with van der Waals surface area (Å²) >= 11 is 0. The van der Waals surface area contributed by atoms with Crippen LogP contribution in [0.4, 0.5) is 17.1 Å². The molecule has 0 amide bonds. The maximum atomic E-state index is 12.2. The van der Waals surface area contributed by atoms with Crippen molar-refractivity contribution < 1.29 is 4.74 Å². The normalized spacial score (nSPS) is 24.4. The maximum Gasteiger partial charge on any atom is 0.253 e. The molecule has 1 saturated carbocycles. The van der Waals surface area contributed by atoms with Crippen LogP contribution in [-0.2, 0) is 11.2 Å². The largest absolute Gasteiger partial charge is 0.374 e. The van der Waals surface area contributed by atoms with Crippen molar-refractivity contribution in [1.29, 1.82) is 5.26 Å². The Kier molecular flexibility index (Phi) is 4.48. The molecule has 2 atom stereocenters. The van der Waals surface area contributed by atoms with E-state index in [0.717, 1.165) is 56.4 Å². The Balaban J connectivity index is 1.60. The van der Waals surface area contributed by atoms with Crippen LogP contribution in [0.15, 0.2) is 27.8 Å². The topological polar surface area (TPSA) is 91.2 Å². The zero-order valence-corrected chi connectivity index (χ0v) is 15.4. The second kappa shape index (κ2) is 6.82. The minimum Gasteiger partial charge on any atom is -0.374 e. The molecule has 1 saturated heterocycles. The van der Waals surface area contributed by atoms with Gasteiger partial charge in [0.25, 0.3) is 10.9 Å². The highest BCUT2D eigenvalue weighted by molar-refractivity contribution is 5.80. The lowest BCUT2D eigenvalue weighted by Crippen LogP contribution is -2.46. The lowest BCUT2D eigenvalue weighted by atomic mass is 9.93. The monoisotopic (exact) mass is 365 g/mol. The predicted octanol–water partition coefficient (Wildman–Crippen LogP) is 2.97. The fourth-order valence-corrected chi connectivity index (χ4v) is 4.47. The van der Waals surface area contributed by atoms with E-state index < -0.39 is 10.9 Å². The Morgan fingerprint density at radius 3 is 2.70 bits per heavy atom. The number of hydrogen-bond donors (Lipinski definition) is 2. The van der Waals surface area contributed by atoms with Gasteiger partial charge in [-0.3, -0.25) is 9.59 Å². The number of nitriles is 1. The molecule has 1 aliphatic carbocycles. The summed E-state index contributed by atoms with van der Waals surface area (Å²) in [5.41, 5.74) is 1.79. The first-order valence-electron chi connectivity index (χ1n) is 9.62. The van der Waals surface area contributed by atoms with Crippen LogP contribution in [0.3, 0.4) is 0 Å². The van der Waals surface area contributed by atoms with Gasteiger partial charge in [-0.15, -0.1) is 0 Å². The Labute approximate surface area is 157 Å². The average Bonchev–Trinajstić information content (AvgIpc) is 3.34. The summed E-state index contributed by atoms with van der Waals surface area (Å²) < 4.78 is 6.03. The van der Waals surface area contributed by atoms with E-state index in [9.17, 15) is 9.59 Å². The molecule has 27 heavy (non-hydrogen) atoms. The van der Waals surface area contributed by atoms with E-state index in [1.165, 1.54) is 0 Å². The molecule has 0 aromatic heterocycles. The maximum absolute atomic E-state index is 12.2. The molecule has 0 unspecified atom stereocenters. The van der Waals surface area contributed by atoms with Gasteiger partial charge in [0.1, 0.15) is 11.4 Å². The third kappa shape index (κ3) is 2.92. The molecule has 2 aliphatic rings. The van der Waals surface area contributed by atoms with Crippen LogP contribution >= 0.6 is 0 Å². The SMILES string of the molecule is CCc1cc(C#N)ccc1Nc1c(N[C@H]2CCC[C@@]23CCCO3)c(=O)c1=O. The third-order valence-electron chi connectivity index (χ3n) is 5.97. The summed E-state index contributed by atoms with van der Waals surface area (Å²) in [6, 6.07) is 7.49. The lowest BCUT2D eigenvalue weighted by molar-refractivity contribution is 0.00274. The van der Waals surface area contributed by atoms with E-state index in [0.29, 0.717) is 16.9 Å². The molecule has 2 aromatic rings.